The molecule has 0 atom stereocenters. The number of halogens is 1. The molecule has 0 unspecified atom stereocenters. The van der Waals surface area contributed by atoms with Gasteiger partial charge in [-0.1, -0.05) is 11.6 Å². The third-order valence-corrected chi connectivity index (χ3v) is 2.62. The van der Waals surface area contributed by atoms with Crippen molar-refractivity contribution in [3.05, 3.63) is 28.0 Å². The number of carbonyl (C=O) groups is 1. The maximum Gasteiger partial charge on any atom is 0.338 e. The Morgan fingerprint density at radius 2 is 2.47 bits per heavy atom. The molecule has 2 rings (SSSR count). The molecule has 1 aromatic heterocycles. The Morgan fingerprint density at radius 1 is 1.67 bits per heavy atom. The zero-order valence-electron chi connectivity index (χ0n) is 8.34. The van der Waals surface area contributed by atoms with E-state index in [4.69, 9.17) is 16.3 Å². The highest BCUT2D eigenvalue weighted by atomic mass is 35.5. The monoisotopic (exact) mass is 226 g/mol. The van der Waals surface area contributed by atoms with Crippen LogP contribution in [0.5, 0.6) is 0 Å². The number of methoxy groups -OCH3 is 1. The number of hydrogen-bond donors (Lipinski definition) is 1. The SMILES string of the molecule is COC(=O)c1cc(Cl)nc2c1CNCC2. The molecule has 0 fully saturated rings. The number of aromatic nitrogens is 1. The third kappa shape index (κ3) is 1.96. The van der Waals surface area contributed by atoms with Crippen molar-refractivity contribution in [1.82, 2.24) is 10.3 Å². The number of nitrogens with one attached hydrogen (secondary N) is 1. The van der Waals surface area contributed by atoms with E-state index in [0.29, 0.717) is 17.3 Å². The first kappa shape index (κ1) is 10.4. The summed E-state index contributed by atoms with van der Waals surface area (Å²) < 4.78 is 4.70. The van der Waals surface area contributed by atoms with Gasteiger partial charge in [0, 0.05) is 30.8 Å². The van der Waals surface area contributed by atoms with Gasteiger partial charge in [0.2, 0.25) is 0 Å². The lowest BCUT2D eigenvalue weighted by Gasteiger charge is -2.18. The largest absolute Gasteiger partial charge is 0.465 e. The molecule has 0 aromatic carbocycles. The van der Waals surface area contributed by atoms with Gasteiger partial charge in [-0.2, -0.15) is 0 Å². The van der Waals surface area contributed by atoms with Crippen molar-refractivity contribution in [2.45, 2.75) is 13.0 Å². The van der Waals surface area contributed by atoms with Crippen molar-refractivity contribution < 1.29 is 9.53 Å². The molecule has 0 amide bonds. The minimum Gasteiger partial charge on any atom is -0.465 e. The molecule has 0 radical (unpaired) electrons. The highest BCUT2D eigenvalue weighted by Crippen LogP contribution is 2.21. The van der Waals surface area contributed by atoms with Crippen LogP contribution in [0.3, 0.4) is 0 Å². The van der Waals surface area contributed by atoms with Gasteiger partial charge in [0.05, 0.1) is 12.7 Å². The first-order chi connectivity index (χ1) is 7.22. The molecule has 0 saturated heterocycles. The van der Waals surface area contributed by atoms with Crippen LogP contribution < -0.4 is 5.32 Å². The number of esters is 1. The molecule has 1 aliphatic rings. The lowest BCUT2D eigenvalue weighted by atomic mass is 10.0. The molecule has 2 heterocycles. The van der Waals surface area contributed by atoms with Gasteiger partial charge in [-0.05, 0) is 6.07 Å². The Labute approximate surface area is 92.6 Å². The van der Waals surface area contributed by atoms with E-state index in [9.17, 15) is 4.79 Å². The minimum absolute atomic E-state index is 0.344. The predicted octanol–water partition coefficient (Wildman–Crippen LogP) is 1.17. The molecule has 15 heavy (non-hydrogen) atoms. The molecule has 0 saturated carbocycles. The van der Waals surface area contributed by atoms with E-state index >= 15 is 0 Å². The van der Waals surface area contributed by atoms with Crippen LogP contribution in [0.1, 0.15) is 21.6 Å². The molecule has 5 heteroatoms. The van der Waals surface area contributed by atoms with Gasteiger partial charge in [0.15, 0.2) is 0 Å². The van der Waals surface area contributed by atoms with Crippen LogP contribution in [0.25, 0.3) is 0 Å². The highest BCUT2D eigenvalue weighted by molar-refractivity contribution is 6.29. The van der Waals surface area contributed by atoms with E-state index in [1.165, 1.54) is 7.11 Å². The van der Waals surface area contributed by atoms with Crippen molar-refractivity contribution in [2.24, 2.45) is 0 Å². The summed E-state index contributed by atoms with van der Waals surface area (Å²) in [6.07, 6.45) is 0.792. The van der Waals surface area contributed by atoms with E-state index in [1.807, 2.05) is 0 Å². The second kappa shape index (κ2) is 4.16. The van der Waals surface area contributed by atoms with Gasteiger partial charge in [-0.25, -0.2) is 9.78 Å². The van der Waals surface area contributed by atoms with E-state index < -0.39 is 0 Å². The number of nitrogens with zero attached hydrogens (tertiary/aromatic N) is 1. The summed E-state index contributed by atoms with van der Waals surface area (Å²) in [5.41, 5.74) is 2.30. The summed E-state index contributed by atoms with van der Waals surface area (Å²) in [5, 5.41) is 3.53. The maximum atomic E-state index is 11.5. The first-order valence-electron chi connectivity index (χ1n) is 4.69. The normalized spacial score (nSPS) is 14.5. The van der Waals surface area contributed by atoms with Crippen LogP contribution in [0.2, 0.25) is 5.15 Å². The van der Waals surface area contributed by atoms with Crippen LogP contribution in [0.15, 0.2) is 6.07 Å². The van der Waals surface area contributed by atoms with Crippen molar-refractivity contribution in [3.63, 3.8) is 0 Å². The molecule has 0 bridgehead atoms. The second-order valence-electron chi connectivity index (χ2n) is 3.34. The van der Waals surface area contributed by atoms with Gasteiger partial charge in [-0.3, -0.25) is 0 Å². The van der Waals surface area contributed by atoms with Crippen molar-refractivity contribution in [3.8, 4) is 0 Å². The summed E-state index contributed by atoms with van der Waals surface area (Å²) in [6.45, 7) is 1.50. The van der Waals surface area contributed by atoms with Crippen LogP contribution in [-0.4, -0.2) is 24.6 Å². The molecular weight excluding hydrogens is 216 g/mol. The minimum atomic E-state index is -0.362. The number of rotatable bonds is 1. The molecule has 1 aliphatic heterocycles. The fourth-order valence-corrected chi connectivity index (χ4v) is 1.92. The van der Waals surface area contributed by atoms with E-state index in [0.717, 1.165) is 24.2 Å². The fourth-order valence-electron chi connectivity index (χ4n) is 1.71. The van der Waals surface area contributed by atoms with E-state index in [1.54, 1.807) is 6.07 Å². The number of ether oxygens (including phenoxy) is 1. The van der Waals surface area contributed by atoms with Gasteiger partial charge < -0.3 is 10.1 Å². The first-order valence-corrected chi connectivity index (χ1v) is 5.07. The second-order valence-corrected chi connectivity index (χ2v) is 3.72. The van der Waals surface area contributed by atoms with E-state index in [2.05, 4.69) is 10.3 Å². The molecule has 0 spiro atoms. The summed E-state index contributed by atoms with van der Waals surface area (Å²) in [4.78, 5) is 15.7. The average Bonchev–Trinajstić information content (AvgIpc) is 2.26. The standard InChI is InChI=1S/C10H11ClN2O2/c1-15-10(14)6-4-9(11)13-8-2-3-12-5-7(6)8/h4,12H,2-3,5H2,1H3. The molecular formula is C10H11ClN2O2. The third-order valence-electron chi connectivity index (χ3n) is 2.42. The Morgan fingerprint density at radius 3 is 3.20 bits per heavy atom. The van der Waals surface area contributed by atoms with Crippen LogP contribution >= 0.6 is 11.6 Å². The summed E-state index contributed by atoms with van der Waals surface area (Å²) >= 11 is 5.84. The van der Waals surface area contributed by atoms with Crippen molar-refractivity contribution >= 4 is 17.6 Å². The summed E-state index contributed by atoms with van der Waals surface area (Å²) in [6, 6.07) is 1.55. The van der Waals surface area contributed by atoms with E-state index in [-0.39, 0.29) is 5.97 Å². The quantitative estimate of drug-likeness (QED) is 0.577. The van der Waals surface area contributed by atoms with Crippen LogP contribution in [0, 0.1) is 0 Å². The molecule has 1 aromatic rings. The lowest BCUT2D eigenvalue weighted by molar-refractivity contribution is 0.0598. The predicted molar refractivity (Wildman–Crippen MR) is 56.0 cm³/mol. The van der Waals surface area contributed by atoms with Crippen LogP contribution in [0.4, 0.5) is 0 Å². The number of hydrogen-bond acceptors (Lipinski definition) is 4. The molecule has 1 N–H and O–H groups in total. The van der Waals surface area contributed by atoms with Crippen molar-refractivity contribution in [2.75, 3.05) is 13.7 Å². The van der Waals surface area contributed by atoms with Gasteiger partial charge >= 0.3 is 5.97 Å². The Balaban J connectivity index is 2.52. The molecule has 80 valence electrons. The average molecular weight is 227 g/mol. The highest BCUT2D eigenvalue weighted by Gasteiger charge is 2.20. The summed E-state index contributed by atoms with van der Waals surface area (Å²) in [7, 11) is 1.36. The Hall–Kier alpha value is -1.13. The summed E-state index contributed by atoms with van der Waals surface area (Å²) in [5.74, 6) is -0.362. The Bertz CT molecular complexity index is 407. The van der Waals surface area contributed by atoms with Gasteiger partial charge in [0.1, 0.15) is 5.15 Å². The maximum absolute atomic E-state index is 11.5. The zero-order valence-corrected chi connectivity index (χ0v) is 9.10. The molecule has 0 aliphatic carbocycles. The Kier molecular flexibility index (Phi) is 2.88. The fraction of sp³-hybridized carbons (Fsp3) is 0.400. The van der Waals surface area contributed by atoms with Gasteiger partial charge in [0.25, 0.3) is 0 Å². The smallest absolute Gasteiger partial charge is 0.338 e. The number of carbonyl (C=O) groups excluding carboxylic acids is 1. The van der Waals surface area contributed by atoms with Crippen LogP contribution in [-0.2, 0) is 17.7 Å². The van der Waals surface area contributed by atoms with Gasteiger partial charge in [-0.15, -0.1) is 0 Å². The zero-order chi connectivity index (χ0) is 10.8. The topological polar surface area (TPSA) is 51.2 Å². The van der Waals surface area contributed by atoms with Crippen molar-refractivity contribution in [1.29, 1.82) is 0 Å². The number of fused-ring (bicyclic) bond motifs is 1. The molecule has 4 nitrogen and oxygen atoms in total. The number of pyridine rings is 1. The lowest BCUT2D eigenvalue weighted by Crippen LogP contribution is -2.27.